The Morgan fingerprint density at radius 1 is 0.926 bits per heavy atom. The van der Waals surface area contributed by atoms with Gasteiger partial charge in [0.25, 0.3) is 0 Å². The first kappa shape index (κ1) is 26.1. The van der Waals surface area contributed by atoms with Gasteiger partial charge in [0.2, 0.25) is 5.91 Å². The Morgan fingerprint density at radius 3 is 1.70 bits per heavy atom. The standard InChI is InChI=1S/C17H30N2O3.C3H8.C2H6/c1-13(2)16(21)11-18-7-3-14(4-8-18)15-5-9-19(10-6-15)17(22)12-20;1-3-2;1-2/h13-15,20H,3-12H2,1-2H3;3H2,1-2H3;1-2H3. The summed E-state index contributed by atoms with van der Waals surface area (Å²) in [5, 5.41) is 8.92. The number of carbonyl (C=O) groups excluding carboxylic acids is 2. The molecule has 0 spiro atoms. The maximum Gasteiger partial charge on any atom is 0.248 e. The van der Waals surface area contributed by atoms with Crippen LogP contribution < -0.4 is 0 Å². The summed E-state index contributed by atoms with van der Waals surface area (Å²) >= 11 is 0. The van der Waals surface area contributed by atoms with E-state index in [4.69, 9.17) is 5.11 Å². The highest BCUT2D eigenvalue weighted by Crippen LogP contribution is 2.32. The molecule has 1 N–H and O–H groups in total. The first-order valence-electron chi connectivity index (χ1n) is 11.1. The number of likely N-dealkylation sites (tertiary alicyclic amines) is 2. The predicted molar refractivity (Wildman–Crippen MR) is 113 cm³/mol. The number of hydrogen-bond acceptors (Lipinski definition) is 4. The van der Waals surface area contributed by atoms with E-state index in [1.54, 1.807) is 4.90 Å². The van der Waals surface area contributed by atoms with Crippen molar-refractivity contribution < 1.29 is 14.7 Å². The number of hydrogen-bond donors (Lipinski definition) is 1. The van der Waals surface area contributed by atoms with Gasteiger partial charge in [-0.15, -0.1) is 0 Å². The lowest BCUT2D eigenvalue weighted by Gasteiger charge is -2.40. The topological polar surface area (TPSA) is 60.9 Å². The number of carbonyl (C=O) groups is 2. The second kappa shape index (κ2) is 15.0. The first-order valence-corrected chi connectivity index (χ1v) is 11.1. The van der Waals surface area contributed by atoms with E-state index in [-0.39, 0.29) is 18.4 Å². The predicted octanol–water partition coefficient (Wildman–Crippen LogP) is 3.60. The Kier molecular flexibility index (Phi) is 14.5. The largest absolute Gasteiger partial charge is 0.387 e. The van der Waals surface area contributed by atoms with Crippen LogP contribution in [-0.4, -0.2) is 65.9 Å². The molecule has 5 heteroatoms. The van der Waals surface area contributed by atoms with Gasteiger partial charge in [0.15, 0.2) is 0 Å². The molecule has 0 atom stereocenters. The third-order valence-corrected chi connectivity index (χ3v) is 5.35. The molecule has 27 heavy (non-hydrogen) atoms. The lowest BCUT2D eigenvalue weighted by Crippen LogP contribution is -2.44. The van der Waals surface area contributed by atoms with Gasteiger partial charge in [0.05, 0.1) is 6.54 Å². The molecule has 2 aliphatic rings. The lowest BCUT2D eigenvalue weighted by atomic mass is 9.78. The molecule has 0 aliphatic carbocycles. The molecule has 2 heterocycles. The molecule has 2 aliphatic heterocycles. The monoisotopic (exact) mass is 384 g/mol. The maximum absolute atomic E-state index is 11.8. The molecule has 0 bridgehead atoms. The lowest BCUT2D eigenvalue weighted by molar-refractivity contribution is -0.135. The van der Waals surface area contributed by atoms with Gasteiger partial charge in [-0.2, -0.15) is 0 Å². The Hall–Kier alpha value is -0.940. The third-order valence-electron chi connectivity index (χ3n) is 5.35. The van der Waals surface area contributed by atoms with Crippen LogP contribution in [0.1, 0.15) is 73.6 Å². The number of Topliss-reactive ketones (excluding diaryl/α,β-unsaturated/α-hetero) is 1. The molecule has 0 aromatic heterocycles. The van der Waals surface area contributed by atoms with E-state index in [9.17, 15) is 9.59 Å². The minimum Gasteiger partial charge on any atom is -0.387 e. The quantitative estimate of drug-likeness (QED) is 0.787. The summed E-state index contributed by atoms with van der Waals surface area (Å²) in [7, 11) is 0. The molecule has 0 saturated carbocycles. The molecule has 1 amide bonds. The summed E-state index contributed by atoms with van der Waals surface area (Å²) < 4.78 is 0. The van der Waals surface area contributed by atoms with E-state index in [0.29, 0.717) is 18.2 Å². The van der Waals surface area contributed by atoms with E-state index in [1.807, 2.05) is 27.7 Å². The molecule has 0 aromatic carbocycles. The van der Waals surface area contributed by atoms with Crippen molar-refractivity contribution in [2.75, 3.05) is 39.3 Å². The van der Waals surface area contributed by atoms with Crippen molar-refractivity contribution in [1.82, 2.24) is 9.80 Å². The van der Waals surface area contributed by atoms with Crippen LogP contribution in [0.5, 0.6) is 0 Å². The van der Waals surface area contributed by atoms with Crippen LogP contribution in [0.2, 0.25) is 0 Å². The average Bonchev–Trinajstić information content (AvgIpc) is 2.70. The minimum atomic E-state index is -0.368. The van der Waals surface area contributed by atoms with Crippen molar-refractivity contribution in [3.63, 3.8) is 0 Å². The van der Waals surface area contributed by atoms with Crippen molar-refractivity contribution in [3.8, 4) is 0 Å². The Morgan fingerprint density at radius 2 is 1.33 bits per heavy atom. The second-order valence-electron chi connectivity index (χ2n) is 7.82. The van der Waals surface area contributed by atoms with Crippen molar-refractivity contribution in [1.29, 1.82) is 0 Å². The molecule has 160 valence electrons. The van der Waals surface area contributed by atoms with Crippen molar-refractivity contribution in [2.45, 2.75) is 73.6 Å². The molecule has 0 radical (unpaired) electrons. The molecule has 2 fully saturated rings. The van der Waals surface area contributed by atoms with E-state index in [0.717, 1.165) is 44.9 Å². The normalized spacial score (nSPS) is 19.0. The summed E-state index contributed by atoms with van der Waals surface area (Å²) in [6.07, 6.45) is 5.70. The van der Waals surface area contributed by atoms with Crippen molar-refractivity contribution >= 4 is 11.7 Å². The Balaban J connectivity index is 0.00000123. The fraction of sp³-hybridized carbons (Fsp3) is 0.909. The van der Waals surface area contributed by atoms with E-state index in [1.165, 1.54) is 19.3 Å². The number of amides is 1. The zero-order valence-corrected chi connectivity index (χ0v) is 18.7. The van der Waals surface area contributed by atoms with Crippen LogP contribution in [-0.2, 0) is 9.59 Å². The SMILES string of the molecule is CC.CC(C)C(=O)CN1CCC(C2CCN(C(=O)CO)CC2)CC1.CCC. The van der Waals surface area contributed by atoms with E-state index in [2.05, 4.69) is 18.7 Å². The number of aliphatic hydroxyl groups excluding tert-OH is 1. The van der Waals surface area contributed by atoms with Crippen LogP contribution in [0.15, 0.2) is 0 Å². The summed E-state index contributed by atoms with van der Waals surface area (Å²) in [5.41, 5.74) is 0. The van der Waals surface area contributed by atoms with Crippen LogP contribution >= 0.6 is 0 Å². The molecule has 5 nitrogen and oxygen atoms in total. The summed E-state index contributed by atoms with van der Waals surface area (Å²) in [5.74, 6) is 1.77. The minimum absolute atomic E-state index is 0.131. The van der Waals surface area contributed by atoms with Crippen molar-refractivity contribution in [2.24, 2.45) is 17.8 Å². The highest BCUT2D eigenvalue weighted by Gasteiger charge is 2.31. The highest BCUT2D eigenvalue weighted by molar-refractivity contribution is 5.82. The summed E-state index contributed by atoms with van der Waals surface area (Å²) in [4.78, 5) is 27.4. The molecular formula is C22H44N2O3. The molecule has 2 saturated heterocycles. The van der Waals surface area contributed by atoms with Gasteiger partial charge in [-0.05, 0) is 50.6 Å². The van der Waals surface area contributed by atoms with Crippen LogP contribution in [0.3, 0.4) is 0 Å². The van der Waals surface area contributed by atoms with Gasteiger partial charge in [0.1, 0.15) is 12.4 Å². The zero-order chi connectivity index (χ0) is 20.8. The fourth-order valence-electron chi connectivity index (χ4n) is 3.71. The smallest absolute Gasteiger partial charge is 0.248 e. The van der Waals surface area contributed by atoms with Crippen molar-refractivity contribution in [3.05, 3.63) is 0 Å². The number of aliphatic hydroxyl groups is 1. The molecule has 0 unspecified atom stereocenters. The average molecular weight is 385 g/mol. The fourth-order valence-corrected chi connectivity index (χ4v) is 3.71. The van der Waals surface area contributed by atoms with Gasteiger partial charge in [-0.25, -0.2) is 0 Å². The van der Waals surface area contributed by atoms with Gasteiger partial charge < -0.3 is 10.0 Å². The van der Waals surface area contributed by atoms with Gasteiger partial charge >= 0.3 is 0 Å². The Labute approximate surface area is 167 Å². The second-order valence-corrected chi connectivity index (χ2v) is 7.82. The molecule has 0 aromatic rings. The number of ketones is 1. The number of rotatable bonds is 5. The van der Waals surface area contributed by atoms with Crippen LogP contribution in [0, 0.1) is 17.8 Å². The zero-order valence-electron chi connectivity index (χ0n) is 18.7. The highest BCUT2D eigenvalue weighted by atomic mass is 16.3. The molecular weight excluding hydrogens is 340 g/mol. The number of nitrogens with zero attached hydrogens (tertiary/aromatic N) is 2. The van der Waals surface area contributed by atoms with Gasteiger partial charge in [0, 0.05) is 19.0 Å². The Bertz CT molecular complexity index is 396. The molecule has 2 rings (SSSR count). The first-order chi connectivity index (χ1) is 12.9. The summed E-state index contributed by atoms with van der Waals surface area (Å²) in [6.45, 7) is 16.1. The number of piperidine rings is 2. The van der Waals surface area contributed by atoms with Crippen LogP contribution in [0.4, 0.5) is 0 Å². The third kappa shape index (κ3) is 9.70. The maximum atomic E-state index is 11.8. The van der Waals surface area contributed by atoms with E-state index >= 15 is 0 Å². The van der Waals surface area contributed by atoms with Crippen LogP contribution in [0.25, 0.3) is 0 Å². The summed E-state index contributed by atoms with van der Waals surface area (Å²) in [6, 6.07) is 0. The van der Waals surface area contributed by atoms with Gasteiger partial charge in [-0.3, -0.25) is 14.5 Å². The van der Waals surface area contributed by atoms with E-state index < -0.39 is 0 Å². The van der Waals surface area contributed by atoms with Gasteiger partial charge in [-0.1, -0.05) is 48.0 Å².